The summed E-state index contributed by atoms with van der Waals surface area (Å²) in [6.07, 6.45) is 10.7. The van der Waals surface area contributed by atoms with E-state index in [4.69, 9.17) is 0 Å². The van der Waals surface area contributed by atoms with Crippen LogP contribution in [0.5, 0.6) is 0 Å². The van der Waals surface area contributed by atoms with Crippen molar-refractivity contribution in [3.05, 3.63) is 118 Å². The zero-order chi connectivity index (χ0) is 26.2. The van der Waals surface area contributed by atoms with Crippen molar-refractivity contribution in [3.63, 3.8) is 0 Å². The van der Waals surface area contributed by atoms with E-state index in [9.17, 15) is 0 Å². The van der Waals surface area contributed by atoms with Gasteiger partial charge in [-0.05, 0) is 121 Å². The van der Waals surface area contributed by atoms with E-state index in [-0.39, 0.29) is 59.4 Å². The van der Waals surface area contributed by atoms with Gasteiger partial charge in [0, 0.05) is 42.9 Å². The molecule has 0 saturated carbocycles. The average molecular weight is 654 g/mol. The summed E-state index contributed by atoms with van der Waals surface area (Å²) >= 11 is 3.25. The number of nitrogens with zero attached hydrogens (tertiary/aromatic N) is 4. The molecule has 0 aliphatic rings. The third-order valence-electron chi connectivity index (χ3n) is 3.63. The molecule has 0 fully saturated rings. The Bertz CT molecular complexity index is 848. The van der Waals surface area contributed by atoms with Crippen LogP contribution >= 0.6 is 15.9 Å². The van der Waals surface area contributed by atoms with Crippen molar-refractivity contribution < 1.29 is 0 Å². The van der Waals surface area contributed by atoms with Crippen LogP contribution in [0, 0.1) is 34.6 Å². The van der Waals surface area contributed by atoms with E-state index in [0.29, 0.717) is 0 Å². The Hall–Kier alpha value is -2.92. The standard InChI is InChI=1S/C7H9N.C6H6BrN.2C6H7N.2C2H6.8CH4/c1-6-3-4-8-7(2)5-6;1-5-2-3-8-6(7)4-5;2*1-6-2-4-7-5-3-6;2*1-2;;;;;;;;/h3-5H,1-2H3;2-4H,1H3;2*2-5H,1H3;2*1-2H3;8*1H4. The maximum atomic E-state index is 4.04. The molecule has 0 saturated heterocycles. The first-order valence-electron chi connectivity index (χ1n) is 11.6. The number of hydrogen-bond acceptors (Lipinski definition) is 4. The molecule has 248 valence electrons. The summed E-state index contributed by atoms with van der Waals surface area (Å²) in [5.74, 6) is 0. The van der Waals surface area contributed by atoms with Gasteiger partial charge in [-0.1, -0.05) is 87.1 Å². The van der Waals surface area contributed by atoms with Crippen LogP contribution in [0.3, 0.4) is 0 Å². The Morgan fingerprint density at radius 2 is 0.690 bits per heavy atom. The minimum atomic E-state index is 0. The van der Waals surface area contributed by atoms with Crippen LogP contribution in [0.2, 0.25) is 0 Å². The molecule has 0 bridgehead atoms. The predicted octanol–water partition coefficient (Wildman–Crippen LogP) is 13.8. The quantitative estimate of drug-likeness (QED) is 0.177. The van der Waals surface area contributed by atoms with E-state index < -0.39 is 0 Å². The lowest BCUT2D eigenvalue weighted by molar-refractivity contribution is 1.18. The maximum absolute atomic E-state index is 4.04. The number of rotatable bonds is 0. The average Bonchev–Trinajstić information content (AvgIpc) is 2.84. The lowest BCUT2D eigenvalue weighted by atomic mass is 10.3. The largest absolute Gasteiger partial charge is 0.265 e. The van der Waals surface area contributed by atoms with Gasteiger partial charge in [-0.3, -0.25) is 15.0 Å². The van der Waals surface area contributed by atoms with Crippen LogP contribution in [-0.4, -0.2) is 19.9 Å². The van der Waals surface area contributed by atoms with Crippen molar-refractivity contribution in [2.75, 3.05) is 0 Å². The first-order chi connectivity index (χ1) is 16.4. The molecule has 0 aliphatic heterocycles. The molecule has 4 aromatic heterocycles. The first kappa shape index (κ1) is 67.0. The summed E-state index contributed by atoms with van der Waals surface area (Å²) < 4.78 is 0.900. The first-order valence-corrected chi connectivity index (χ1v) is 12.4. The van der Waals surface area contributed by atoms with Crippen molar-refractivity contribution in [2.24, 2.45) is 0 Å². The summed E-state index contributed by atoms with van der Waals surface area (Å²) in [4.78, 5) is 15.7. The second-order valence-electron chi connectivity index (χ2n) is 6.68. The lowest BCUT2D eigenvalue weighted by Crippen LogP contribution is -1.78. The Balaban J connectivity index is -0.0000000368. The SMILES string of the molecule is C.C.C.C.C.C.C.C.CC.CC.Cc1ccnc(Br)c1.Cc1ccnc(C)c1.Cc1ccncc1.Cc1ccncc1. The van der Waals surface area contributed by atoms with Gasteiger partial charge in [0.05, 0.1) is 0 Å². The topological polar surface area (TPSA) is 51.6 Å². The highest BCUT2D eigenvalue weighted by Gasteiger charge is 1.84. The van der Waals surface area contributed by atoms with Gasteiger partial charge in [-0.2, -0.15) is 0 Å². The summed E-state index contributed by atoms with van der Waals surface area (Å²) in [6, 6.07) is 15.9. The van der Waals surface area contributed by atoms with Crippen molar-refractivity contribution in [3.8, 4) is 0 Å². The van der Waals surface area contributed by atoms with Gasteiger partial charge < -0.3 is 0 Å². The number of aromatic nitrogens is 4. The van der Waals surface area contributed by atoms with E-state index in [2.05, 4.69) is 48.9 Å². The fraction of sp³-hybridized carbons (Fsp3) is 0.459. The molecule has 42 heavy (non-hydrogen) atoms. The zero-order valence-corrected chi connectivity index (χ0v) is 23.8. The van der Waals surface area contributed by atoms with Crippen LogP contribution in [0.1, 0.15) is 115 Å². The molecule has 0 amide bonds. The van der Waals surface area contributed by atoms with Crippen molar-refractivity contribution in [2.45, 2.75) is 122 Å². The number of halogens is 1. The molecule has 4 nitrogen and oxygen atoms in total. The van der Waals surface area contributed by atoms with Crippen LogP contribution in [-0.2, 0) is 0 Å². The molecule has 4 heterocycles. The Morgan fingerprint density at radius 1 is 0.405 bits per heavy atom. The second-order valence-corrected chi connectivity index (χ2v) is 7.49. The number of pyridine rings is 4. The summed E-state index contributed by atoms with van der Waals surface area (Å²) in [5, 5.41) is 0. The minimum Gasteiger partial charge on any atom is -0.265 e. The van der Waals surface area contributed by atoms with Gasteiger partial charge >= 0.3 is 0 Å². The third-order valence-corrected chi connectivity index (χ3v) is 4.06. The molecule has 0 aliphatic carbocycles. The van der Waals surface area contributed by atoms with E-state index in [1.807, 2.05) is 104 Å². The number of aryl methyl sites for hydroxylation is 5. The molecule has 0 N–H and O–H groups in total. The molecule has 4 aromatic rings. The van der Waals surface area contributed by atoms with E-state index in [1.165, 1.54) is 22.3 Å². The summed E-state index contributed by atoms with van der Waals surface area (Å²) in [5.41, 5.74) is 6.11. The molecular weight excluding hydrogens is 580 g/mol. The van der Waals surface area contributed by atoms with Crippen LogP contribution in [0.15, 0.2) is 90.3 Å². The van der Waals surface area contributed by atoms with Gasteiger partial charge in [0.15, 0.2) is 0 Å². The summed E-state index contributed by atoms with van der Waals surface area (Å²) in [6.45, 7) is 18.2. The minimum absolute atomic E-state index is 0. The molecule has 0 radical (unpaired) electrons. The molecule has 0 aromatic carbocycles. The zero-order valence-electron chi connectivity index (χ0n) is 22.2. The highest BCUT2D eigenvalue weighted by molar-refractivity contribution is 9.10. The monoisotopic (exact) mass is 653 g/mol. The van der Waals surface area contributed by atoms with Gasteiger partial charge in [0.25, 0.3) is 0 Å². The third kappa shape index (κ3) is 44.1. The van der Waals surface area contributed by atoms with E-state index in [0.717, 1.165) is 10.3 Å². The fourth-order valence-electron chi connectivity index (χ4n) is 2.04. The van der Waals surface area contributed by atoms with Gasteiger partial charge in [-0.15, -0.1) is 0 Å². The van der Waals surface area contributed by atoms with E-state index >= 15 is 0 Å². The molecule has 4 rings (SSSR count). The van der Waals surface area contributed by atoms with Gasteiger partial charge in [-0.25, -0.2) is 4.98 Å². The molecule has 0 atom stereocenters. The Kier molecular flexibility index (Phi) is 76.3. The lowest BCUT2D eigenvalue weighted by Gasteiger charge is -1.90. The highest BCUT2D eigenvalue weighted by atomic mass is 79.9. The predicted molar refractivity (Wildman–Crippen MR) is 205 cm³/mol. The van der Waals surface area contributed by atoms with Crippen LogP contribution < -0.4 is 0 Å². The van der Waals surface area contributed by atoms with Gasteiger partial charge in [0.1, 0.15) is 4.60 Å². The van der Waals surface area contributed by atoms with Crippen LogP contribution in [0.4, 0.5) is 0 Å². The fourth-order valence-corrected chi connectivity index (χ4v) is 2.52. The Morgan fingerprint density at radius 3 is 0.857 bits per heavy atom. The van der Waals surface area contributed by atoms with Crippen molar-refractivity contribution in [1.29, 1.82) is 0 Å². The Labute approximate surface area is 275 Å². The van der Waals surface area contributed by atoms with Crippen LogP contribution in [0.25, 0.3) is 0 Å². The smallest absolute Gasteiger partial charge is 0.106 e. The second kappa shape index (κ2) is 47.8. The van der Waals surface area contributed by atoms with Crippen molar-refractivity contribution >= 4 is 15.9 Å². The summed E-state index contributed by atoms with van der Waals surface area (Å²) in [7, 11) is 0. The highest BCUT2D eigenvalue weighted by Crippen LogP contribution is 2.05. The molecular formula is C37H73BrN4. The van der Waals surface area contributed by atoms with Gasteiger partial charge in [0.2, 0.25) is 0 Å². The maximum Gasteiger partial charge on any atom is 0.106 e. The molecule has 0 unspecified atom stereocenters. The van der Waals surface area contributed by atoms with E-state index in [1.54, 1.807) is 31.0 Å². The number of hydrogen-bond donors (Lipinski definition) is 0. The molecule has 5 heteroatoms. The normalized spacial score (nSPS) is 6.71. The molecule has 0 spiro atoms. The van der Waals surface area contributed by atoms with Crippen molar-refractivity contribution in [1.82, 2.24) is 19.9 Å².